The highest BCUT2D eigenvalue weighted by molar-refractivity contribution is 5.97. The number of amides is 1. The number of carboxylic acid groups (broad SMARTS) is 1. The summed E-state index contributed by atoms with van der Waals surface area (Å²) in [7, 11) is 0. The van der Waals surface area contributed by atoms with Crippen LogP contribution in [0, 0.1) is 0 Å². The Morgan fingerprint density at radius 2 is 1.55 bits per heavy atom. The molecule has 8 nitrogen and oxygen atoms in total. The zero-order chi connectivity index (χ0) is 20.8. The number of rotatable bonds is 7. The van der Waals surface area contributed by atoms with Crippen LogP contribution < -0.4 is 10.9 Å². The van der Waals surface area contributed by atoms with Crippen LogP contribution in [0.15, 0.2) is 65.5 Å². The number of hydrogen-bond acceptors (Lipinski definition) is 5. The fourth-order valence-electron chi connectivity index (χ4n) is 2.87. The lowest BCUT2D eigenvalue weighted by molar-refractivity contribution is -0.135. The number of nitrogens with zero attached hydrogens (tertiary/aromatic N) is 2. The highest BCUT2D eigenvalue weighted by Crippen LogP contribution is 2.15. The van der Waals surface area contributed by atoms with Crippen LogP contribution >= 0.6 is 0 Å². The van der Waals surface area contributed by atoms with E-state index in [1.165, 1.54) is 4.57 Å². The topological polar surface area (TPSA) is 122 Å². The maximum atomic E-state index is 13.0. The van der Waals surface area contributed by atoms with Crippen LogP contribution in [0.4, 0.5) is 0 Å². The molecule has 0 spiro atoms. The van der Waals surface area contributed by atoms with Gasteiger partial charge in [0, 0.05) is 6.42 Å². The maximum Gasteiger partial charge on any atom is 0.322 e. The molecule has 3 rings (SSSR count). The van der Waals surface area contributed by atoms with Gasteiger partial charge in [-0.25, -0.2) is 0 Å². The molecule has 0 atom stereocenters. The first-order valence-corrected chi connectivity index (χ1v) is 8.86. The molecular formula is C21H19N3O5. The van der Waals surface area contributed by atoms with E-state index in [-0.39, 0.29) is 18.8 Å². The highest BCUT2D eigenvalue weighted by atomic mass is 16.4. The molecule has 0 saturated carbocycles. The van der Waals surface area contributed by atoms with Crippen LogP contribution in [0.2, 0.25) is 0 Å². The molecule has 29 heavy (non-hydrogen) atoms. The molecule has 0 aliphatic heterocycles. The molecule has 3 N–H and O–H groups in total. The average Bonchev–Trinajstić information content (AvgIpc) is 2.71. The predicted octanol–water partition coefficient (Wildman–Crippen LogP) is 1.40. The lowest BCUT2D eigenvalue weighted by atomic mass is 10.1. The van der Waals surface area contributed by atoms with E-state index in [4.69, 9.17) is 5.11 Å². The molecule has 0 unspecified atom stereocenters. The Labute approximate surface area is 166 Å². The molecule has 0 aliphatic carbocycles. The summed E-state index contributed by atoms with van der Waals surface area (Å²) < 4.78 is 1.32. The van der Waals surface area contributed by atoms with E-state index in [1.54, 1.807) is 0 Å². The van der Waals surface area contributed by atoms with E-state index < -0.39 is 35.4 Å². The van der Waals surface area contributed by atoms with Crippen molar-refractivity contribution >= 4 is 11.9 Å². The minimum absolute atomic E-state index is 0.147. The second-order valence-corrected chi connectivity index (χ2v) is 6.34. The van der Waals surface area contributed by atoms with E-state index >= 15 is 0 Å². The minimum atomic E-state index is -1.27. The monoisotopic (exact) mass is 393 g/mol. The summed E-state index contributed by atoms with van der Waals surface area (Å²) >= 11 is 0. The largest absolute Gasteiger partial charge is 0.493 e. The fraction of sp³-hybridized carbons (Fsp3) is 0.143. The van der Waals surface area contributed by atoms with E-state index in [0.717, 1.165) is 11.1 Å². The average molecular weight is 393 g/mol. The number of benzene rings is 2. The number of aromatic nitrogens is 2. The van der Waals surface area contributed by atoms with Crippen molar-refractivity contribution in [3.8, 4) is 5.88 Å². The molecule has 3 aromatic rings. The van der Waals surface area contributed by atoms with Crippen LogP contribution in [0.3, 0.4) is 0 Å². The van der Waals surface area contributed by atoms with Gasteiger partial charge in [0.05, 0.1) is 6.54 Å². The SMILES string of the molecule is O=C(O)CNC(=O)c1c(O)nc(Cc2ccccc2)n(Cc2ccccc2)c1=O. The normalized spacial score (nSPS) is 10.5. The van der Waals surface area contributed by atoms with E-state index in [0.29, 0.717) is 0 Å². The number of carboxylic acids is 1. The van der Waals surface area contributed by atoms with E-state index in [2.05, 4.69) is 10.3 Å². The molecule has 148 valence electrons. The van der Waals surface area contributed by atoms with Gasteiger partial charge in [0.25, 0.3) is 11.5 Å². The van der Waals surface area contributed by atoms with Gasteiger partial charge >= 0.3 is 5.97 Å². The Bertz CT molecular complexity index is 1080. The fourth-order valence-corrected chi connectivity index (χ4v) is 2.87. The first-order chi connectivity index (χ1) is 14.0. The summed E-state index contributed by atoms with van der Waals surface area (Å²) in [4.78, 5) is 40.1. The Morgan fingerprint density at radius 3 is 2.14 bits per heavy atom. The van der Waals surface area contributed by atoms with Crippen molar-refractivity contribution in [2.45, 2.75) is 13.0 Å². The smallest absolute Gasteiger partial charge is 0.322 e. The lowest BCUT2D eigenvalue weighted by Gasteiger charge is -2.15. The van der Waals surface area contributed by atoms with Gasteiger partial charge in [-0.1, -0.05) is 60.7 Å². The van der Waals surface area contributed by atoms with Gasteiger partial charge in [0.2, 0.25) is 5.88 Å². The summed E-state index contributed by atoms with van der Waals surface area (Å²) in [6.07, 6.45) is 0.271. The number of carbonyl (C=O) groups excluding carboxylic acids is 1. The van der Waals surface area contributed by atoms with Crippen molar-refractivity contribution in [1.82, 2.24) is 14.9 Å². The molecule has 1 aromatic heterocycles. The number of hydrogen-bond donors (Lipinski definition) is 3. The Balaban J connectivity index is 2.06. The predicted molar refractivity (Wildman–Crippen MR) is 105 cm³/mol. The summed E-state index contributed by atoms with van der Waals surface area (Å²) in [5, 5.41) is 21.1. The van der Waals surface area contributed by atoms with Crippen LogP contribution in [-0.2, 0) is 17.8 Å². The Kier molecular flexibility index (Phi) is 6.03. The molecule has 8 heteroatoms. The van der Waals surface area contributed by atoms with Gasteiger partial charge in [-0.3, -0.25) is 19.0 Å². The molecular weight excluding hydrogens is 374 g/mol. The number of carbonyl (C=O) groups is 2. The van der Waals surface area contributed by atoms with Gasteiger partial charge in [0.1, 0.15) is 12.4 Å². The van der Waals surface area contributed by atoms with Crippen molar-refractivity contribution in [1.29, 1.82) is 0 Å². The van der Waals surface area contributed by atoms with Crippen molar-refractivity contribution in [3.63, 3.8) is 0 Å². The third-order valence-corrected chi connectivity index (χ3v) is 4.24. The second-order valence-electron chi connectivity index (χ2n) is 6.34. The maximum absolute atomic E-state index is 13.0. The standard InChI is InChI=1S/C21H19N3O5/c25-17(26)12-22-19(27)18-20(28)23-16(11-14-7-3-1-4-8-14)24(21(18)29)13-15-9-5-2-6-10-15/h1-10,28H,11-13H2,(H,22,27)(H,25,26). The molecule has 2 aromatic carbocycles. The molecule has 0 radical (unpaired) electrons. The lowest BCUT2D eigenvalue weighted by Crippen LogP contribution is -2.37. The summed E-state index contributed by atoms with van der Waals surface area (Å²) in [6.45, 7) is -0.531. The van der Waals surface area contributed by atoms with E-state index in [1.807, 2.05) is 60.7 Å². The molecule has 0 fully saturated rings. The third-order valence-electron chi connectivity index (χ3n) is 4.24. The molecule has 0 saturated heterocycles. The molecule has 1 amide bonds. The zero-order valence-electron chi connectivity index (χ0n) is 15.4. The van der Waals surface area contributed by atoms with Crippen molar-refractivity contribution < 1.29 is 19.8 Å². The van der Waals surface area contributed by atoms with Crippen LogP contribution in [0.1, 0.15) is 27.3 Å². The molecule has 1 heterocycles. The van der Waals surface area contributed by atoms with Gasteiger partial charge in [-0.2, -0.15) is 4.98 Å². The van der Waals surface area contributed by atoms with Gasteiger partial charge in [0.15, 0.2) is 5.56 Å². The number of nitrogens with one attached hydrogen (secondary N) is 1. The second kappa shape index (κ2) is 8.83. The number of aliphatic carboxylic acids is 1. The van der Waals surface area contributed by atoms with Crippen molar-refractivity contribution in [2.24, 2.45) is 0 Å². The van der Waals surface area contributed by atoms with Crippen molar-refractivity contribution in [3.05, 3.63) is 93.5 Å². The Hall–Kier alpha value is -3.94. The molecule has 0 aliphatic rings. The first-order valence-electron chi connectivity index (χ1n) is 8.86. The third kappa shape index (κ3) is 4.86. The van der Waals surface area contributed by atoms with Gasteiger partial charge in [-0.05, 0) is 11.1 Å². The number of aromatic hydroxyl groups is 1. The first kappa shape index (κ1) is 19.8. The molecule has 0 bridgehead atoms. The summed E-state index contributed by atoms with van der Waals surface area (Å²) in [5.74, 6) is -2.70. The minimum Gasteiger partial charge on any atom is -0.493 e. The van der Waals surface area contributed by atoms with Crippen LogP contribution in [0.5, 0.6) is 5.88 Å². The van der Waals surface area contributed by atoms with Crippen molar-refractivity contribution in [2.75, 3.05) is 6.54 Å². The van der Waals surface area contributed by atoms with E-state index in [9.17, 15) is 19.5 Å². The summed E-state index contributed by atoms with van der Waals surface area (Å²) in [6, 6.07) is 18.4. The Morgan fingerprint density at radius 1 is 0.966 bits per heavy atom. The summed E-state index contributed by atoms with van der Waals surface area (Å²) in [5.41, 5.74) is 0.367. The van der Waals surface area contributed by atoms with Crippen LogP contribution in [0.25, 0.3) is 0 Å². The van der Waals surface area contributed by atoms with Gasteiger partial charge in [-0.15, -0.1) is 0 Å². The quantitative estimate of drug-likeness (QED) is 0.558. The van der Waals surface area contributed by atoms with Gasteiger partial charge < -0.3 is 15.5 Å². The zero-order valence-corrected chi connectivity index (χ0v) is 15.4. The van der Waals surface area contributed by atoms with Crippen LogP contribution in [-0.4, -0.2) is 38.2 Å². The highest BCUT2D eigenvalue weighted by Gasteiger charge is 2.23.